The van der Waals surface area contributed by atoms with Crippen molar-refractivity contribution in [2.24, 2.45) is 0 Å². The van der Waals surface area contributed by atoms with Crippen LogP contribution in [0.4, 0.5) is 0 Å². The van der Waals surface area contributed by atoms with Gasteiger partial charge in [-0.3, -0.25) is 0 Å². The molecule has 0 aromatic rings. The molecule has 0 saturated carbocycles. The zero-order valence-corrected chi connectivity index (χ0v) is 37.1. The van der Waals surface area contributed by atoms with Crippen LogP contribution in [-0.2, 0) is 14.2 Å². The van der Waals surface area contributed by atoms with Gasteiger partial charge in [-0.2, -0.15) is 0 Å². The second kappa shape index (κ2) is 45.3. The Balaban J connectivity index is -0.000000543. The van der Waals surface area contributed by atoms with E-state index in [0.29, 0.717) is 36.6 Å². The fraction of sp³-hybridized carbons (Fsp3) is 0.875. The molecule has 6 unspecified atom stereocenters. The molecule has 3 heterocycles. The van der Waals surface area contributed by atoms with Crippen LogP contribution in [0.15, 0.2) is 36.5 Å². The van der Waals surface area contributed by atoms with Crippen LogP contribution in [0.3, 0.4) is 0 Å². The van der Waals surface area contributed by atoms with Crippen molar-refractivity contribution in [3.05, 3.63) is 36.5 Å². The van der Waals surface area contributed by atoms with Crippen molar-refractivity contribution >= 4 is 0 Å². The molecule has 0 radical (unpaired) electrons. The summed E-state index contributed by atoms with van der Waals surface area (Å²) in [6, 6.07) is 0. The summed E-state index contributed by atoms with van der Waals surface area (Å²) in [6.07, 6.45) is 48.1. The lowest BCUT2D eigenvalue weighted by molar-refractivity contribution is 0.354. The van der Waals surface area contributed by atoms with Crippen LogP contribution in [0.25, 0.3) is 0 Å². The molecular weight excluding hydrogens is 625 g/mol. The molecule has 306 valence electrons. The smallest absolute Gasteiger partial charge is 0.0841 e. The van der Waals surface area contributed by atoms with Crippen LogP contribution in [0, 0.1) is 0 Å². The van der Waals surface area contributed by atoms with Crippen molar-refractivity contribution in [2.45, 2.75) is 274 Å². The summed E-state index contributed by atoms with van der Waals surface area (Å²) in [5.74, 6) is 0. The van der Waals surface area contributed by atoms with E-state index in [1.165, 1.54) is 154 Å². The van der Waals surface area contributed by atoms with Crippen molar-refractivity contribution < 1.29 is 14.2 Å². The van der Waals surface area contributed by atoms with Crippen molar-refractivity contribution in [2.75, 3.05) is 0 Å². The molecular formula is C48H96O3. The molecule has 3 rings (SSSR count). The van der Waals surface area contributed by atoms with E-state index in [1.807, 2.05) is 0 Å². The zero-order chi connectivity index (χ0) is 38.8. The highest BCUT2D eigenvalue weighted by atomic mass is 16.6. The Morgan fingerprint density at radius 3 is 1.24 bits per heavy atom. The molecule has 0 N–H and O–H groups in total. The SMILES string of the molecule is C/C=C/CCCCC.CC/C=C/CCCC.CCC/C=C/CCC.CCCC1OC1CCC.CCCCC1OC1CC.CCCCCC1OC1C. The van der Waals surface area contributed by atoms with Crippen LogP contribution in [0.1, 0.15) is 237 Å². The van der Waals surface area contributed by atoms with Gasteiger partial charge in [0, 0.05) is 0 Å². The molecule has 51 heavy (non-hydrogen) atoms. The Bertz CT molecular complexity index is 695. The molecule has 3 aliphatic heterocycles. The van der Waals surface area contributed by atoms with E-state index in [1.54, 1.807) is 0 Å². The maximum Gasteiger partial charge on any atom is 0.0841 e. The molecule has 3 heteroatoms. The number of unbranched alkanes of at least 4 members (excludes halogenated alkanes) is 10. The molecule has 0 amide bonds. The summed E-state index contributed by atoms with van der Waals surface area (Å²) in [4.78, 5) is 0. The summed E-state index contributed by atoms with van der Waals surface area (Å²) in [6.45, 7) is 26.3. The minimum atomic E-state index is 0.571. The first-order valence-corrected chi connectivity index (χ1v) is 22.7. The van der Waals surface area contributed by atoms with Crippen LogP contribution < -0.4 is 0 Å². The molecule has 0 aliphatic carbocycles. The lowest BCUT2D eigenvalue weighted by Crippen LogP contribution is -1.91. The van der Waals surface area contributed by atoms with Gasteiger partial charge in [-0.1, -0.05) is 189 Å². The molecule has 3 fully saturated rings. The number of epoxide rings is 3. The van der Waals surface area contributed by atoms with Gasteiger partial charge in [-0.05, 0) is 84.5 Å². The van der Waals surface area contributed by atoms with Crippen molar-refractivity contribution in [3.8, 4) is 0 Å². The van der Waals surface area contributed by atoms with Gasteiger partial charge in [0.25, 0.3) is 0 Å². The number of rotatable bonds is 24. The zero-order valence-electron chi connectivity index (χ0n) is 37.1. The van der Waals surface area contributed by atoms with Crippen LogP contribution in [0.5, 0.6) is 0 Å². The van der Waals surface area contributed by atoms with E-state index < -0.39 is 0 Å². The Labute approximate surface area is 323 Å². The predicted molar refractivity (Wildman–Crippen MR) is 232 cm³/mol. The van der Waals surface area contributed by atoms with Crippen molar-refractivity contribution in [3.63, 3.8) is 0 Å². The van der Waals surface area contributed by atoms with Crippen LogP contribution >= 0.6 is 0 Å². The lowest BCUT2D eigenvalue weighted by Gasteiger charge is -1.91. The summed E-state index contributed by atoms with van der Waals surface area (Å²) >= 11 is 0. The largest absolute Gasteiger partial charge is 0.370 e. The summed E-state index contributed by atoms with van der Waals surface area (Å²) in [5.41, 5.74) is 0. The fourth-order valence-electron chi connectivity index (χ4n) is 5.44. The predicted octanol–water partition coefficient (Wildman–Crippen LogP) is 16.5. The van der Waals surface area contributed by atoms with E-state index >= 15 is 0 Å². The first-order chi connectivity index (χ1) is 24.8. The monoisotopic (exact) mass is 721 g/mol. The Morgan fingerprint density at radius 1 is 0.373 bits per heavy atom. The molecule has 0 bridgehead atoms. The highest BCUT2D eigenvalue weighted by molar-refractivity contribution is 4.84. The van der Waals surface area contributed by atoms with Crippen LogP contribution in [0.2, 0.25) is 0 Å². The first-order valence-electron chi connectivity index (χ1n) is 22.7. The molecule has 3 nitrogen and oxygen atoms in total. The average Bonchev–Trinajstić information content (AvgIpc) is 4.09. The van der Waals surface area contributed by atoms with E-state index in [0.717, 1.165) is 0 Å². The standard InChI is InChI=1S/3C8H16O.3C8H16/c1-3-4-5-6-8-7(2)9-8;1-3-5-6-8-7(4-2)9-8;1-3-5-7-8(9-7)6-4-2;3*1-3-5-7-8-6-4-2/h3*7-8H,3-6H2,1-2H3;7-8H,3-6H2,1-2H3;5,7H,3-4,6,8H2,1-2H3;3,5H,4,6-8H2,1-2H3/b;;;8-7+;7-5+;5-3+. The quantitative estimate of drug-likeness (QED) is 0.0566. The minimum Gasteiger partial charge on any atom is -0.370 e. The normalized spacial score (nSPS) is 22.4. The van der Waals surface area contributed by atoms with Gasteiger partial charge in [0.15, 0.2) is 0 Å². The van der Waals surface area contributed by atoms with Gasteiger partial charge < -0.3 is 14.2 Å². The van der Waals surface area contributed by atoms with E-state index in [-0.39, 0.29) is 0 Å². The highest BCUT2D eigenvalue weighted by Crippen LogP contribution is 2.30. The maximum atomic E-state index is 5.40. The Hall–Kier alpha value is -0.900. The average molecular weight is 721 g/mol. The third-order valence-electron chi connectivity index (χ3n) is 9.11. The summed E-state index contributed by atoms with van der Waals surface area (Å²) in [7, 11) is 0. The highest BCUT2D eigenvalue weighted by Gasteiger charge is 2.36. The van der Waals surface area contributed by atoms with Crippen molar-refractivity contribution in [1.29, 1.82) is 0 Å². The number of hydrogen-bond acceptors (Lipinski definition) is 3. The Kier molecular flexibility index (Phi) is 48.3. The summed E-state index contributed by atoms with van der Waals surface area (Å²) in [5, 5.41) is 0. The molecule has 6 atom stereocenters. The topological polar surface area (TPSA) is 37.6 Å². The second-order valence-corrected chi connectivity index (χ2v) is 14.6. The summed E-state index contributed by atoms with van der Waals surface area (Å²) < 4.78 is 16.0. The first kappa shape index (κ1) is 54.4. The van der Waals surface area contributed by atoms with E-state index in [2.05, 4.69) is 120 Å². The molecule has 0 aromatic carbocycles. The molecule has 0 spiro atoms. The van der Waals surface area contributed by atoms with Crippen molar-refractivity contribution in [1.82, 2.24) is 0 Å². The third-order valence-corrected chi connectivity index (χ3v) is 9.11. The van der Waals surface area contributed by atoms with Gasteiger partial charge in [-0.25, -0.2) is 0 Å². The maximum absolute atomic E-state index is 5.40. The van der Waals surface area contributed by atoms with Gasteiger partial charge in [-0.15, -0.1) is 0 Å². The minimum absolute atomic E-state index is 0.571. The van der Waals surface area contributed by atoms with Gasteiger partial charge in [0.05, 0.1) is 36.6 Å². The molecule has 3 saturated heterocycles. The lowest BCUT2D eigenvalue weighted by atomic mass is 10.1. The number of ether oxygens (including phenoxy) is 3. The second-order valence-electron chi connectivity index (χ2n) is 14.6. The van der Waals surface area contributed by atoms with E-state index in [4.69, 9.17) is 14.2 Å². The molecule has 0 aromatic heterocycles. The fourth-order valence-corrected chi connectivity index (χ4v) is 5.44. The van der Waals surface area contributed by atoms with Gasteiger partial charge in [0.2, 0.25) is 0 Å². The van der Waals surface area contributed by atoms with E-state index in [9.17, 15) is 0 Å². The van der Waals surface area contributed by atoms with Crippen LogP contribution in [-0.4, -0.2) is 36.6 Å². The van der Waals surface area contributed by atoms with Gasteiger partial charge in [0.1, 0.15) is 0 Å². The number of hydrogen-bond donors (Lipinski definition) is 0. The Morgan fingerprint density at radius 2 is 0.824 bits per heavy atom. The molecule has 3 aliphatic rings. The third kappa shape index (κ3) is 45.2. The van der Waals surface area contributed by atoms with Gasteiger partial charge >= 0.3 is 0 Å². The number of allylic oxidation sites excluding steroid dienone is 6.